The van der Waals surface area contributed by atoms with Crippen LogP contribution in [0.3, 0.4) is 0 Å². The molecule has 0 radical (unpaired) electrons. The topological polar surface area (TPSA) is 59.3 Å². The van der Waals surface area contributed by atoms with E-state index in [1.165, 1.54) is 11.3 Å². The van der Waals surface area contributed by atoms with Gasteiger partial charge in [-0.15, -0.1) is 11.3 Å². The maximum absolute atomic E-state index is 13.8. The van der Waals surface area contributed by atoms with Crippen LogP contribution in [-0.2, 0) is 6.18 Å². The first-order valence-electron chi connectivity index (χ1n) is 8.84. The number of amides is 1. The minimum atomic E-state index is -4.70. The Morgan fingerprint density at radius 1 is 1.13 bits per heavy atom. The van der Waals surface area contributed by atoms with E-state index in [2.05, 4.69) is 47.3 Å². The van der Waals surface area contributed by atoms with Crippen molar-refractivity contribution in [2.75, 3.05) is 5.32 Å². The van der Waals surface area contributed by atoms with Crippen molar-refractivity contribution in [3.8, 4) is 10.6 Å². The molecule has 11 heteroatoms. The van der Waals surface area contributed by atoms with Crippen molar-refractivity contribution in [2.24, 2.45) is 0 Å². The number of hydrogen-bond donors (Lipinski definition) is 1. The number of thiophene rings is 1. The first-order valence-corrected chi connectivity index (χ1v) is 11.3. The van der Waals surface area contributed by atoms with Crippen LogP contribution in [0.1, 0.15) is 27.3 Å². The number of anilines is 1. The van der Waals surface area contributed by atoms with E-state index in [0.717, 1.165) is 21.7 Å². The van der Waals surface area contributed by atoms with Gasteiger partial charge in [-0.2, -0.15) is 18.3 Å². The summed E-state index contributed by atoms with van der Waals surface area (Å²) in [7, 11) is 0. The molecule has 0 aliphatic carbocycles. The predicted molar refractivity (Wildman–Crippen MR) is 121 cm³/mol. The van der Waals surface area contributed by atoms with Crippen molar-refractivity contribution in [1.82, 2.24) is 14.6 Å². The zero-order valence-electron chi connectivity index (χ0n) is 16.0. The van der Waals surface area contributed by atoms with Crippen LogP contribution in [0, 0.1) is 13.8 Å². The third kappa shape index (κ3) is 4.26. The van der Waals surface area contributed by atoms with Crippen LogP contribution in [0.2, 0.25) is 0 Å². The average Bonchev–Trinajstić information content (AvgIpc) is 3.27. The molecule has 4 rings (SSSR count). The van der Waals surface area contributed by atoms with Crippen LogP contribution in [0.25, 0.3) is 16.2 Å². The lowest BCUT2D eigenvalue weighted by Gasteiger charge is -2.10. The molecular formula is C20H13Br2F3N4OS. The third-order valence-electron chi connectivity index (χ3n) is 4.62. The Kier molecular flexibility index (Phi) is 5.69. The summed E-state index contributed by atoms with van der Waals surface area (Å²) in [4.78, 5) is 17.7. The van der Waals surface area contributed by atoms with Gasteiger partial charge in [0.05, 0.1) is 15.0 Å². The molecule has 160 valence electrons. The van der Waals surface area contributed by atoms with Gasteiger partial charge >= 0.3 is 6.18 Å². The summed E-state index contributed by atoms with van der Waals surface area (Å²) >= 11 is 7.77. The largest absolute Gasteiger partial charge is 0.433 e. The summed E-state index contributed by atoms with van der Waals surface area (Å²) in [6.07, 6.45) is -4.70. The van der Waals surface area contributed by atoms with Crippen molar-refractivity contribution in [3.63, 3.8) is 0 Å². The Hall–Kier alpha value is -2.24. The number of nitrogens with zero attached hydrogens (tertiary/aromatic N) is 3. The van der Waals surface area contributed by atoms with E-state index in [0.29, 0.717) is 15.1 Å². The number of hydrogen-bond acceptors (Lipinski definition) is 4. The summed E-state index contributed by atoms with van der Waals surface area (Å²) in [6.45, 7) is 3.84. The quantitative estimate of drug-likeness (QED) is 0.291. The number of carbonyl (C=O) groups is 1. The maximum atomic E-state index is 13.8. The number of aromatic nitrogens is 3. The molecule has 0 aliphatic heterocycles. The standard InChI is InChI=1S/C20H13Br2F3N4OS/c1-9-3-4-12(5-10(9)2)26-19(30)17-16(22)18-27-13(14-6-11(21)8-31-14)7-15(20(23,24)25)29(18)28-17/h3-8H,1-2H3,(H,26,30). The first-order chi connectivity index (χ1) is 14.5. The molecule has 0 saturated carbocycles. The van der Waals surface area contributed by atoms with E-state index in [9.17, 15) is 18.0 Å². The molecule has 31 heavy (non-hydrogen) atoms. The van der Waals surface area contributed by atoms with Crippen molar-refractivity contribution in [1.29, 1.82) is 0 Å². The van der Waals surface area contributed by atoms with Gasteiger partial charge in [0.25, 0.3) is 5.91 Å². The Bertz CT molecular complexity index is 1330. The van der Waals surface area contributed by atoms with E-state index in [-0.39, 0.29) is 21.5 Å². The Morgan fingerprint density at radius 2 is 1.87 bits per heavy atom. The smallest absolute Gasteiger partial charge is 0.321 e. The fraction of sp³-hybridized carbons (Fsp3) is 0.150. The highest BCUT2D eigenvalue weighted by atomic mass is 79.9. The molecule has 1 N–H and O–H groups in total. The Balaban J connectivity index is 1.83. The molecule has 0 saturated heterocycles. The van der Waals surface area contributed by atoms with Gasteiger partial charge < -0.3 is 5.32 Å². The van der Waals surface area contributed by atoms with Crippen molar-refractivity contribution in [3.05, 3.63) is 67.2 Å². The number of nitrogens with one attached hydrogen (secondary N) is 1. The van der Waals surface area contributed by atoms with Gasteiger partial charge in [-0.3, -0.25) is 4.79 Å². The minimum absolute atomic E-state index is 0.0804. The lowest BCUT2D eigenvalue weighted by molar-refractivity contribution is -0.142. The van der Waals surface area contributed by atoms with Gasteiger partial charge in [-0.25, -0.2) is 9.50 Å². The second-order valence-electron chi connectivity index (χ2n) is 6.80. The van der Waals surface area contributed by atoms with Crippen molar-refractivity contribution < 1.29 is 18.0 Å². The number of alkyl halides is 3. The summed E-state index contributed by atoms with van der Waals surface area (Å²) in [5.41, 5.74) is 1.36. The summed E-state index contributed by atoms with van der Waals surface area (Å²) < 4.78 is 42.8. The molecule has 1 amide bonds. The lowest BCUT2D eigenvalue weighted by Crippen LogP contribution is -2.16. The van der Waals surface area contributed by atoms with Crippen LogP contribution in [0.15, 0.2) is 44.7 Å². The number of aryl methyl sites for hydroxylation is 2. The number of halogens is 5. The normalized spacial score (nSPS) is 11.8. The molecule has 0 bridgehead atoms. The number of carbonyl (C=O) groups excluding carboxylic acids is 1. The molecule has 0 atom stereocenters. The van der Waals surface area contributed by atoms with E-state index in [1.54, 1.807) is 23.6 Å². The Morgan fingerprint density at radius 3 is 2.48 bits per heavy atom. The maximum Gasteiger partial charge on any atom is 0.433 e. The van der Waals surface area contributed by atoms with Gasteiger partial charge in [-0.1, -0.05) is 6.07 Å². The number of rotatable bonds is 3. The van der Waals surface area contributed by atoms with Crippen molar-refractivity contribution in [2.45, 2.75) is 20.0 Å². The lowest BCUT2D eigenvalue weighted by atomic mass is 10.1. The molecule has 3 aromatic heterocycles. The molecule has 1 aromatic carbocycles. The second kappa shape index (κ2) is 8.03. The molecule has 0 spiro atoms. The fourth-order valence-electron chi connectivity index (χ4n) is 2.92. The highest BCUT2D eigenvalue weighted by Crippen LogP contribution is 2.36. The Labute approximate surface area is 195 Å². The zero-order chi connectivity index (χ0) is 22.5. The summed E-state index contributed by atoms with van der Waals surface area (Å²) in [5.74, 6) is -0.644. The molecule has 0 aliphatic rings. The van der Waals surface area contributed by atoms with E-state index in [4.69, 9.17) is 0 Å². The molecule has 3 heterocycles. The first kappa shape index (κ1) is 22.0. The summed E-state index contributed by atoms with van der Waals surface area (Å²) in [6, 6.07) is 7.95. The zero-order valence-corrected chi connectivity index (χ0v) is 20.0. The molecule has 4 aromatic rings. The fourth-order valence-corrected chi connectivity index (χ4v) is 4.83. The van der Waals surface area contributed by atoms with Crippen LogP contribution in [0.5, 0.6) is 0 Å². The molecular weight excluding hydrogens is 561 g/mol. The SMILES string of the molecule is Cc1ccc(NC(=O)c2nn3c(C(F)(F)F)cc(-c4cc(Br)cs4)nc3c2Br)cc1C. The van der Waals surface area contributed by atoms with Gasteiger partial charge in [0, 0.05) is 15.5 Å². The van der Waals surface area contributed by atoms with Crippen LogP contribution in [-0.4, -0.2) is 20.5 Å². The average molecular weight is 574 g/mol. The predicted octanol–water partition coefficient (Wildman–Crippen LogP) is 6.87. The summed E-state index contributed by atoms with van der Waals surface area (Å²) in [5, 5.41) is 8.35. The molecule has 0 fully saturated rings. The van der Waals surface area contributed by atoms with Gasteiger partial charge in [0.2, 0.25) is 0 Å². The minimum Gasteiger partial charge on any atom is -0.321 e. The third-order valence-corrected chi connectivity index (χ3v) is 7.07. The van der Waals surface area contributed by atoms with Crippen molar-refractivity contribution >= 4 is 60.4 Å². The number of benzene rings is 1. The van der Waals surface area contributed by atoms with E-state index >= 15 is 0 Å². The van der Waals surface area contributed by atoms with E-state index in [1.807, 2.05) is 19.9 Å². The van der Waals surface area contributed by atoms with E-state index < -0.39 is 17.8 Å². The highest BCUT2D eigenvalue weighted by Gasteiger charge is 2.36. The van der Waals surface area contributed by atoms with Gasteiger partial charge in [0.1, 0.15) is 0 Å². The molecule has 0 unspecified atom stereocenters. The van der Waals surface area contributed by atoms with Gasteiger partial charge in [-0.05, 0) is 81.1 Å². The monoisotopic (exact) mass is 572 g/mol. The van der Waals surface area contributed by atoms with Crippen LogP contribution in [0.4, 0.5) is 18.9 Å². The van der Waals surface area contributed by atoms with Gasteiger partial charge in [0.15, 0.2) is 17.0 Å². The second-order valence-corrected chi connectivity index (χ2v) is 9.42. The molecule has 5 nitrogen and oxygen atoms in total. The van der Waals surface area contributed by atoms with Crippen LogP contribution < -0.4 is 5.32 Å². The highest BCUT2D eigenvalue weighted by molar-refractivity contribution is 9.11. The van der Waals surface area contributed by atoms with Crippen LogP contribution >= 0.6 is 43.2 Å². The number of fused-ring (bicyclic) bond motifs is 1.